The summed E-state index contributed by atoms with van der Waals surface area (Å²) in [7, 11) is -3.50. The van der Waals surface area contributed by atoms with Gasteiger partial charge >= 0.3 is 0 Å². The van der Waals surface area contributed by atoms with Crippen LogP contribution in [0.1, 0.15) is 31.4 Å². The Labute approximate surface area is 188 Å². The molecule has 0 fully saturated rings. The molecule has 2 aromatic carbocycles. The summed E-state index contributed by atoms with van der Waals surface area (Å²) in [6, 6.07) is 9.51. The molecule has 0 saturated carbocycles. The van der Waals surface area contributed by atoms with Gasteiger partial charge in [-0.05, 0) is 48.7 Å². The summed E-state index contributed by atoms with van der Waals surface area (Å²) in [5.74, 6) is -0.184. The molecule has 0 aromatic heterocycles. The van der Waals surface area contributed by atoms with Crippen molar-refractivity contribution in [2.45, 2.75) is 38.5 Å². The minimum Gasteiger partial charge on any atom is -0.370 e. The minimum atomic E-state index is -3.50. The summed E-state index contributed by atoms with van der Waals surface area (Å²) in [6.45, 7) is 7.40. The topological polar surface area (TPSA) is 113 Å². The predicted molar refractivity (Wildman–Crippen MR) is 124 cm³/mol. The second-order valence-electron chi connectivity index (χ2n) is 7.67. The first-order valence-corrected chi connectivity index (χ1v) is 12.0. The number of amides is 1. The smallest absolute Gasteiger partial charge is 0.269 e. The number of hydrogen-bond donors (Lipinski definition) is 1. The van der Waals surface area contributed by atoms with Crippen molar-refractivity contribution in [3.05, 3.63) is 57.6 Å². The van der Waals surface area contributed by atoms with Gasteiger partial charge in [0.05, 0.1) is 9.82 Å². The van der Waals surface area contributed by atoms with Crippen molar-refractivity contribution in [2.75, 3.05) is 36.4 Å². The number of nitro benzene ring substituents is 1. The molecule has 1 N–H and O–H groups in total. The molecule has 172 valence electrons. The fourth-order valence-corrected chi connectivity index (χ4v) is 5.41. The van der Waals surface area contributed by atoms with E-state index in [1.165, 1.54) is 22.5 Å². The lowest BCUT2D eigenvalue weighted by Gasteiger charge is -2.21. The van der Waals surface area contributed by atoms with Crippen LogP contribution in [-0.2, 0) is 21.2 Å². The second-order valence-corrected chi connectivity index (χ2v) is 9.61. The van der Waals surface area contributed by atoms with Crippen LogP contribution < -0.4 is 10.2 Å². The monoisotopic (exact) mass is 460 g/mol. The number of fused-ring (bicyclic) bond motifs is 1. The van der Waals surface area contributed by atoms with Crippen molar-refractivity contribution < 1.29 is 18.1 Å². The molecule has 0 aliphatic carbocycles. The molecule has 0 unspecified atom stereocenters. The molecule has 1 heterocycles. The molecule has 32 heavy (non-hydrogen) atoms. The van der Waals surface area contributed by atoms with Gasteiger partial charge in [0, 0.05) is 56.1 Å². The Hall–Kier alpha value is -2.98. The van der Waals surface area contributed by atoms with E-state index in [0.717, 1.165) is 17.7 Å². The third kappa shape index (κ3) is 4.91. The van der Waals surface area contributed by atoms with E-state index < -0.39 is 14.9 Å². The number of non-ortho nitro benzene ring substituents is 1. The first kappa shape index (κ1) is 23.7. The first-order valence-electron chi connectivity index (χ1n) is 10.6. The van der Waals surface area contributed by atoms with E-state index in [-0.39, 0.29) is 18.0 Å². The van der Waals surface area contributed by atoms with Gasteiger partial charge in [-0.25, -0.2) is 8.42 Å². The van der Waals surface area contributed by atoms with Crippen LogP contribution in [0.2, 0.25) is 0 Å². The Bertz CT molecular complexity index is 1130. The van der Waals surface area contributed by atoms with E-state index in [0.29, 0.717) is 42.3 Å². The highest BCUT2D eigenvalue weighted by molar-refractivity contribution is 7.89. The van der Waals surface area contributed by atoms with Crippen molar-refractivity contribution in [2.24, 2.45) is 0 Å². The number of rotatable bonds is 9. The molecule has 1 aliphatic heterocycles. The van der Waals surface area contributed by atoms with Gasteiger partial charge in [-0.2, -0.15) is 4.31 Å². The normalized spacial score (nSPS) is 13.3. The van der Waals surface area contributed by atoms with Gasteiger partial charge in [-0.15, -0.1) is 0 Å². The molecular formula is C22H28N4O5S. The van der Waals surface area contributed by atoms with Crippen LogP contribution in [0.5, 0.6) is 0 Å². The van der Waals surface area contributed by atoms with Crippen molar-refractivity contribution in [3.63, 3.8) is 0 Å². The van der Waals surface area contributed by atoms with Gasteiger partial charge in [-0.1, -0.05) is 13.8 Å². The Morgan fingerprint density at radius 2 is 1.91 bits per heavy atom. The summed E-state index contributed by atoms with van der Waals surface area (Å²) >= 11 is 0. The van der Waals surface area contributed by atoms with E-state index in [4.69, 9.17) is 0 Å². The van der Waals surface area contributed by atoms with E-state index >= 15 is 0 Å². The number of anilines is 2. The summed E-state index contributed by atoms with van der Waals surface area (Å²) in [5.41, 5.74) is 3.07. The maximum Gasteiger partial charge on any atom is 0.269 e. The first-order chi connectivity index (χ1) is 15.2. The van der Waals surface area contributed by atoms with E-state index in [9.17, 15) is 23.3 Å². The molecule has 0 atom stereocenters. The molecule has 0 saturated heterocycles. The van der Waals surface area contributed by atoms with E-state index in [1.807, 2.05) is 19.9 Å². The summed E-state index contributed by atoms with van der Waals surface area (Å²) in [4.78, 5) is 25.2. The van der Waals surface area contributed by atoms with Gasteiger partial charge < -0.3 is 10.2 Å². The van der Waals surface area contributed by atoms with Crippen LogP contribution in [0.15, 0.2) is 41.3 Å². The lowest BCUT2D eigenvalue weighted by Crippen LogP contribution is -2.30. The molecule has 1 aliphatic rings. The summed E-state index contributed by atoms with van der Waals surface area (Å²) in [5, 5.41) is 13.7. The molecule has 9 nitrogen and oxygen atoms in total. The summed E-state index contributed by atoms with van der Waals surface area (Å²) < 4.78 is 27.0. The number of nitrogens with one attached hydrogen (secondary N) is 1. The Kier molecular flexibility index (Phi) is 7.15. The third-order valence-corrected chi connectivity index (χ3v) is 7.74. The zero-order valence-corrected chi connectivity index (χ0v) is 19.3. The number of hydrogen-bond acceptors (Lipinski definition) is 6. The third-order valence-electron chi connectivity index (χ3n) is 5.69. The number of aryl methyl sites for hydroxylation is 1. The van der Waals surface area contributed by atoms with Crippen molar-refractivity contribution in [1.29, 1.82) is 0 Å². The second kappa shape index (κ2) is 9.66. The molecule has 10 heteroatoms. The van der Waals surface area contributed by atoms with Crippen LogP contribution in [0.25, 0.3) is 0 Å². The average Bonchev–Trinajstić information content (AvgIpc) is 3.16. The molecule has 0 spiro atoms. The highest BCUT2D eigenvalue weighted by Gasteiger charge is 2.26. The Morgan fingerprint density at radius 3 is 2.53 bits per heavy atom. The molecule has 1 amide bonds. The summed E-state index contributed by atoms with van der Waals surface area (Å²) in [6.07, 6.45) is 0.968. The quantitative estimate of drug-likeness (QED) is 0.454. The van der Waals surface area contributed by atoms with Crippen LogP contribution in [0.3, 0.4) is 0 Å². The van der Waals surface area contributed by atoms with Crippen LogP contribution in [-0.4, -0.2) is 49.7 Å². The lowest BCUT2D eigenvalue weighted by molar-refractivity contribution is -0.384. The van der Waals surface area contributed by atoms with Gasteiger partial charge in [0.15, 0.2) is 0 Å². The number of carbonyl (C=O) groups is 1. The van der Waals surface area contributed by atoms with Crippen LogP contribution in [0.4, 0.5) is 17.1 Å². The number of nitrogens with zero attached hydrogens (tertiary/aromatic N) is 3. The van der Waals surface area contributed by atoms with Crippen molar-refractivity contribution >= 4 is 33.0 Å². The van der Waals surface area contributed by atoms with Crippen LogP contribution in [0, 0.1) is 17.0 Å². The van der Waals surface area contributed by atoms with E-state index in [2.05, 4.69) is 10.2 Å². The lowest BCUT2D eigenvalue weighted by atomic mass is 10.1. The standard InChI is InChI=1S/C22H28N4O5S/c1-4-25(5-2)32(30,31)19-7-9-21-17(15-19)10-12-24(21)13-11-22(27)23-20-8-6-18(26(28)29)14-16(20)3/h6-9,14-15H,4-5,10-13H2,1-3H3,(H,23,27). The number of benzene rings is 2. The number of sulfonamides is 1. The van der Waals surface area contributed by atoms with Crippen molar-refractivity contribution in [3.8, 4) is 0 Å². The molecule has 2 aromatic rings. The fourth-order valence-electron chi connectivity index (χ4n) is 3.90. The highest BCUT2D eigenvalue weighted by Crippen LogP contribution is 2.31. The maximum absolute atomic E-state index is 12.8. The maximum atomic E-state index is 12.8. The molecule has 3 rings (SSSR count). The van der Waals surface area contributed by atoms with Crippen LogP contribution >= 0.6 is 0 Å². The molecular weight excluding hydrogens is 432 g/mol. The minimum absolute atomic E-state index is 0.0171. The number of nitro groups is 1. The molecule has 0 bridgehead atoms. The van der Waals surface area contributed by atoms with Gasteiger partial charge in [-0.3, -0.25) is 14.9 Å². The SMILES string of the molecule is CCN(CC)S(=O)(=O)c1ccc2c(c1)CCN2CCC(=O)Nc1ccc([N+](=O)[O-])cc1C. The Balaban J connectivity index is 1.64. The fraction of sp³-hybridized carbons (Fsp3) is 0.409. The zero-order valence-electron chi connectivity index (χ0n) is 18.5. The zero-order chi connectivity index (χ0) is 23.5. The Morgan fingerprint density at radius 1 is 1.19 bits per heavy atom. The van der Waals surface area contributed by atoms with E-state index in [1.54, 1.807) is 19.1 Å². The van der Waals surface area contributed by atoms with Gasteiger partial charge in [0.2, 0.25) is 15.9 Å². The van der Waals surface area contributed by atoms with Crippen molar-refractivity contribution in [1.82, 2.24) is 4.31 Å². The van der Waals surface area contributed by atoms with Gasteiger partial charge in [0.1, 0.15) is 0 Å². The number of carbonyl (C=O) groups excluding carboxylic acids is 1. The largest absolute Gasteiger partial charge is 0.370 e. The average molecular weight is 461 g/mol. The molecule has 0 radical (unpaired) electrons. The van der Waals surface area contributed by atoms with Gasteiger partial charge in [0.25, 0.3) is 5.69 Å². The predicted octanol–water partition coefficient (Wildman–Crippen LogP) is 3.33. The highest BCUT2D eigenvalue weighted by atomic mass is 32.2.